The fraction of sp³-hybridized carbons (Fsp3) is 0.611. The highest BCUT2D eigenvalue weighted by molar-refractivity contribution is 7.17. The van der Waals surface area contributed by atoms with Gasteiger partial charge in [-0.1, -0.05) is 6.92 Å². The molecule has 144 valence electrons. The van der Waals surface area contributed by atoms with E-state index in [-0.39, 0.29) is 30.9 Å². The third-order valence-electron chi connectivity index (χ3n) is 4.73. The number of likely N-dealkylation sites (tertiary alicyclic amines) is 1. The average Bonchev–Trinajstić information content (AvgIpc) is 2.90. The lowest BCUT2D eigenvalue weighted by molar-refractivity contribution is -0.899. The lowest BCUT2D eigenvalue weighted by Crippen LogP contribution is -3.14. The lowest BCUT2D eigenvalue weighted by atomic mass is 9.97. The number of thiophene rings is 1. The van der Waals surface area contributed by atoms with Gasteiger partial charge in [-0.3, -0.25) is 9.59 Å². The first-order valence-corrected chi connectivity index (χ1v) is 9.91. The van der Waals surface area contributed by atoms with Gasteiger partial charge in [0, 0.05) is 4.88 Å². The molecule has 1 aliphatic heterocycles. The number of hydrogen-bond acceptors (Lipinski definition) is 5. The Morgan fingerprint density at radius 2 is 2.08 bits per heavy atom. The van der Waals surface area contributed by atoms with Crippen molar-refractivity contribution in [3.63, 3.8) is 0 Å². The molecule has 0 aliphatic carbocycles. The summed E-state index contributed by atoms with van der Waals surface area (Å²) >= 11 is 1.42. The zero-order valence-electron chi connectivity index (χ0n) is 15.6. The van der Waals surface area contributed by atoms with Crippen LogP contribution in [0.3, 0.4) is 0 Å². The molecule has 1 aromatic heterocycles. The molecule has 2 rings (SSSR count). The van der Waals surface area contributed by atoms with E-state index in [1.807, 2.05) is 13.8 Å². The number of carbonyl (C=O) groups excluding carboxylic acids is 3. The van der Waals surface area contributed by atoms with Crippen LogP contribution < -0.4 is 16.0 Å². The summed E-state index contributed by atoms with van der Waals surface area (Å²) in [5.41, 5.74) is 6.71. The van der Waals surface area contributed by atoms with Crippen molar-refractivity contribution in [3.8, 4) is 0 Å². The highest BCUT2D eigenvalue weighted by Gasteiger charge is 2.29. The van der Waals surface area contributed by atoms with E-state index in [9.17, 15) is 14.4 Å². The van der Waals surface area contributed by atoms with E-state index >= 15 is 0 Å². The molecule has 2 atom stereocenters. The van der Waals surface area contributed by atoms with E-state index in [4.69, 9.17) is 10.5 Å². The van der Waals surface area contributed by atoms with Crippen LogP contribution in [0.15, 0.2) is 0 Å². The average molecular weight is 383 g/mol. The van der Waals surface area contributed by atoms with E-state index in [1.54, 1.807) is 6.92 Å². The van der Waals surface area contributed by atoms with Crippen LogP contribution in [0.25, 0.3) is 0 Å². The second-order valence-electron chi connectivity index (χ2n) is 6.60. The number of rotatable bonds is 7. The second-order valence-corrected chi connectivity index (χ2v) is 7.70. The van der Waals surface area contributed by atoms with Crippen molar-refractivity contribution in [2.45, 2.75) is 40.0 Å². The lowest BCUT2D eigenvalue weighted by Gasteiger charge is -2.27. The molecule has 0 aromatic carbocycles. The van der Waals surface area contributed by atoms with Crippen molar-refractivity contribution in [1.29, 1.82) is 0 Å². The molecule has 7 nitrogen and oxygen atoms in total. The van der Waals surface area contributed by atoms with Crippen LogP contribution in [0, 0.1) is 12.8 Å². The van der Waals surface area contributed by atoms with E-state index in [0.29, 0.717) is 17.1 Å². The summed E-state index contributed by atoms with van der Waals surface area (Å²) in [6.45, 7) is 7.61. The van der Waals surface area contributed by atoms with Gasteiger partial charge in [0.05, 0.1) is 31.2 Å². The van der Waals surface area contributed by atoms with Crippen molar-refractivity contribution in [1.82, 2.24) is 0 Å². The molecule has 1 aromatic rings. The number of nitrogens with two attached hydrogens (primary N) is 1. The zero-order valence-corrected chi connectivity index (χ0v) is 16.5. The summed E-state index contributed by atoms with van der Waals surface area (Å²) in [7, 11) is 0. The number of primary amides is 1. The summed E-state index contributed by atoms with van der Waals surface area (Å²) < 4.78 is 5.14. The Morgan fingerprint density at radius 3 is 2.69 bits per heavy atom. The van der Waals surface area contributed by atoms with Crippen molar-refractivity contribution < 1.29 is 24.0 Å². The molecule has 0 bridgehead atoms. The maximum Gasteiger partial charge on any atom is 0.341 e. The first kappa shape index (κ1) is 20.4. The van der Waals surface area contributed by atoms with Gasteiger partial charge in [-0.05, 0) is 38.7 Å². The van der Waals surface area contributed by atoms with Crippen LogP contribution in [0.5, 0.6) is 0 Å². The molecular formula is C18H28N3O4S+. The van der Waals surface area contributed by atoms with E-state index < -0.39 is 5.97 Å². The summed E-state index contributed by atoms with van der Waals surface area (Å²) in [4.78, 5) is 38.3. The summed E-state index contributed by atoms with van der Waals surface area (Å²) in [5.74, 6) is -1.04. The van der Waals surface area contributed by atoms with Gasteiger partial charge in [-0.15, -0.1) is 11.3 Å². The topological polar surface area (TPSA) is 103 Å². The molecule has 8 heteroatoms. The van der Waals surface area contributed by atoms with Gasteiger partial charge in [-0.25, -0.2) is 4.79 Å². The molecular weight excluding hydrogens is 354 g/mol. The van der Waals surface area contributed by atoms with Crippen molar-refractivity contribution >= 4 is 34.1 Å². The Morgan fingerprint density at radius 1 is 1.35 bits per heavy atom. The number of anilines is 1. The molecule has 2 heterocycles. The van der Waals surface area contributed by atoms with Gasteiger partial charge in [-0.2, -0.15) is 0 Å². The highest BCUT2D eigenvalue weighted by Crippen LogP contribution is 2.33. The standard InChI is InChI=1S/C18H27N3O4S/c1-4-13-11(3)15(18(24)25-5-2)17(26-13)20-14(22)10-21-8-6-7-12(9-21)16(19)23/h12H,4-10H2,1-3H3,(H2,19,23)(H,20,22)/p+1/t12-/m1/s1. The van der Waals surface area contributed by atoms with Crippen LogP contribution in [0.4, 0.5) is 5.00 Å². The zero-order chi connectivity index (χ0) is 19.3. The molecule has 0 spiro atoms. The maximum absolute atomic E-state index is 12.5. The second kappa shape index (κ2) is 9.14. The number of aryl methyl sites for hydroxylation is 1. The minimum absolute atomic E-state index is 0.167. The predicted octanol–water partition coefficient (Wildman–Crippen LogP) is 0.514. The van der Waals surface area contributed by atoms with E-state index in [0.717, 1.165) is 41.1 Å². The van der Waals surface area contributed by atoms with Gasteiger partial charge < -0.3 is 20.7 Å². The van der Waals surface area contributed by atoms with Crippen LogP contribution >= 0.6 is 11.3 Å². The van der Waals surface area contributed by atoms with Crippen LogP contribution in [0.2, 0.25) is 0 Å². The summed E-state index contributed by atoms with van der Waals surface area (Å²) in [6, 6.07) is 0. The molecule has 2 amide bonds. The first-order valence-electron chi connectivity index (χ1n) is 9.09. The predicted molar refractivity (Wildman–Crippen MR) is 101 cm³/mol. The van der Waals surface area contributed by atoms with Crippen molar-refractivity contribution in [2.24, 2.45) is 11.7 Å². The minimum atomic E-state index is -0.407. The Labute approximate surface area is 157 Å². The van der Waals surface area contributed by atoms with Gasteiger partial charge >= 0.3 is 5.97 Å². The molecule has 4 N–H and O–H groups in total. The Bertz CT molecular complexity index is 686. The number of amides is 2. The fourth-order valence-electron chi connectivity index (χ4n) is 3.39. The van der Waals surface area contributed by atoms with Gasteiger partial charge in [0.2, 0.25) is 5.91 Å². The number of ether oxygens (including phenoxy) is 1. The molecule has 0 saturated carbocycles. The molecule has 1 aliphatic rings. The van der Waals surface area contributed by atoms with E-state index in [2.05, 4.69) is 5.32 Å². The van der Waals surface area contributed by atoms with Gasteiger partial charge in [0.1, 0.15) is 5.00 Å². The maximum atomic E-state index is 12.5. The van der Waals surface area contributed by atoms with Crippen molar-refractivity contribution in [3.05, 3.63) is 16.0 Å². The molecule has 1 unspecified atom stereocenters. The third-order valence-corrected chi connectivity index (χ3v) is 6.08. The SMILES string of the molecule is CCOC(=O)c1c(NC(=O)C[NH+]2CCC[C@@H](C(N)=O)C2)sc(CC)c1C. The molecule has 1 fully saturated rings. The highest BCUT2D eigenvalue weighted by atomic mass is 32.1. The number of piperidine rings is 1. The Hall–Kier alpha value is -1.93. The number of esters is 1. The molecule has 0 radical (unpaired) electrons. The first-order chi connectivity index (χ1) is 12.4. The largest absolute Gasteiger partial charge is 0.462 e. The Balaban J connectivity index is 2.08. The van der Waals surface area contributed by atoms with E-state index in [1.165, 1.54) is 11.3 Å². The number of hydrogen-bond donors (Lipinski definition) is 3. The van der Waals surface area contributed by atoms with Crippen molar-refractivity contribution in [2.75, 3.05) is 31.6 Å². The normalized spacial score (nSPS) is 19.8. The Kier molecular flexibility index (Phi) is 7.16. The molecule has 26 heavy (non-hydrogen) atoms. The quantitative estimate of drug-likeness (QED) is 0.598. The van der Waals surface area contributed by atoms with Crippen LogP contribution in [0.1, 0.15) is 47.5 Å². The number of carbonyl (C=O) groups is 3. The van der Waals surface area contributed by atoms with Crippen LogP contribution in [-0.4, -0.2) is 44.0 Å². The van der Waals surface area contributed by atoms with Crippen LogP contribution in [-0.2, 0) is 20.7 Å². The van der Waals surface area contributed by atoms with Gasteiger partial charge in [0.25, 0.3) is 5.91 Å². The fourth-order valence-corrected chi connectivity index (χ4v) is 4.54. The monoisotopic (exact) mass is 382 g/mol. The minimum Gasteiger partial charge on any atom is -0.462 e. The molecule has 1 saturated heterocycles. The third kappa shape index (κ3) is 4.82. The number of quaternary nitrogens is 1. The summed E-state index contributed by atoms with van der Waals surface area (Å²) in [6.07, 6.45) is 2.45. The number of nitrogens with one attached hydrogen (secondary N) is 2. The smallest absolute Gasteiger partial charge is 0.341 e. The van der Waals surface area contributed by atoms with Gasteiger partial charge in [0.15, 0.2) is 6.54 Å². The summed E-state index contributed by atoms with van der Waals surface area (Å²) in [5, 5.41) is 3.43.